The Labute approximate surface area is 182 Å². The highest BCUT2D eigenvalue weighted by molar-refractivity contribution is 7.89. The monoisotopic (exact) mass is 445 g/mol. The van der Waals surface area contributed by atoms with E-state index in [1.54, 1.807) is 6.07 Å². The highest BCUT2D eigenvalue weighted by Crippen LogP contribution is 2.24. The number of hydrogen-bond donors (Lipinski definition) is 1. The quantitative estimate of drug-likeness (QED) is 0.466. The second-order valence-electron chi connectivity index (χ2n) is 7.41. The van der Waals surface area contributed by atoms with E-state index in [2.05, 4.69) is 10.3 Å². The Morgan fingerprint density at radius 2 is 1.84 bits per heavy atom. The third kappa shape index (κ3) is 6.60. The standard InChI is InChI=1S/C22H27N3O5S/c26-21(24-13-4-8-18-6-2-1-3-7-18)17-30-22(27)19-10-14-25(15-11-19)31(28,29)20-9-5-12-23-16-20/h1-3,5-7,9,12,16,19H,4,8,10-11,13-15,17H2,(H,24,26). The summed E-state index contributed by atoms with van der Waals surface area (Å²) in [6.07, 6.45) is 5.21. The maximum Gasteiger partial charge on any atom is 0.309 e. The van der Waals surface area contributed by atoms with Gasteiger partial charge in [0.15, 0.2) is 6.61 Å². The number of ether oxygens (including phenoxy) is 1. The van der Waals surface area contributed by atoms with Crippen molar-refractivity contribution in [3.05, 3.63) is 60.4 Å². The lowest BCUT2D eigenvalue weighted by Gasteiger charge is -2.29. The van der Waals surface area contributed by atoms with Crippen LogP contribution in [0.3, 0.4) is 0 Å². The van der Waals surface area contributed by atoms with Crippen LogP contribution in [0.2, 0.25) is 0 Å². The van der Waals surface area contributed by atoms with Crippen LogP contribution >= 0.6 is 0 Å². The lowest BCUT2D eigenvalue weighted by atomic mass is 9.98. The summed E-state index contributed by atoms with van der Waals surface area (Å²) < 4.78 is 31.7. The molecule has 1 aromatic heterocycles. The Bertz CT molecular complexity index is 959. The molecule has 1 aliphatic heterocycles. The molecule has 1 fully saturated rings. The van der Waals surface area contributed by atoms with Crippen molar-refractivity contribution in [3.63, 3.8) is 0 Å². The van der Waals surface area contributed by atoms with Gasteiger partial charge < -0.3 is 10.1 Å². The molecule has 0 radical (unpaired) electrons. The zero-order chi connectivity index (χ0) is 22.1. The Balaban J connectivity index is 1.35. The van der Waals surface area contributed by atoms with Gasteiger partial charge in [0.25, 0.3) is 5.91 Å². The molecule has 9 heteroatoms. The first kappa shape index (κ1) is 22.9. The predicted molar refractivity (Wildman–Crippen MR) is 114 cm³/mol. The minimum absolute atomic E-state index is 0.139. The maximum absolute atomic E-state index is 12.6. The topological polar surface area (TPSA) is 106 Å². The van der Waals surface area contributed by atoms with Crippen molar-refractivity contribution < 1.29 is 22.7 Å². The first-order chi connectivity index (χ1) is 15.0. The molecule has 0 atom stereocenters. The molecule has 3 rings (SSSR count). The Kier molecular flexibility index (Phi) is 8.13. The normalized spacial score (nSPS) is 15.4. The zero-order valence-corrected chi connectivity index (χ0v) is 18.1. The summed E-state index contributed by atoms with van der Waals surface area (Å²) in [5.74, 6) is -1.21. The van der Waals surface area contributed by atoms with E-state index in [0.29, 0.717) is 19.4 Å². The van der Waals surface area contributed by atoms with E-state index in [0.717, 1.165) is 12.8 Å². The van der Waals surface area contributed by atoms with E-state index in [1.165, 1.54) is 28.3 Å². The van der Waals surface area contributed by atoms with Gasteiger partial charge in [-0.1, -0.05) is 30.3 Å². The van der Waals surface area contributed by atoms with Gasteiger partial charge in [-0.3, -0.25) is 14.6 Å². The summed E-state index contributed by atoms with van der Waals surface area (Å²) in [6, 6.07) is 13.1. The van der Waals surface area contributed by atoms with Gasteiger partial charge in [-0.25, -0.2) is 8.42 Å². The number of sulfonamides is 1. The molecule has 0 spiro atoms. The second-order valence-corrected chi connectivity index (χ2v) is 9.35. The number of pyridine rings is 1. The maximum atomic E-state index is 12.6. The van der Waals surface area contributed by atoms with Crippen LogP contribution in [-0.2, 0) is 30.8 Å². The molecule has 0 aliphatic carbocycles. The van der Waals surface area contributed by atoms with Crippen LogP contribution in [0.25, 0.3) is 0 Å². The summed E-state index contributed by atoms with van der Waals surface area (Å²) in [7, 11) is -3.62. The van der Waals surface area contributed by atoms with Crippen molar-refractivity contribution >= 4 is 21.9 Å². The van der Waals surface area contributed by atoms with Gasteiger partial charge in [0.2, 0.25) is 10.0 Å². The van der Waals surface area contributed by atoms with Crippen LogP contribution in [0.5, 0.6) is 0 Å². The number of esters is 1. The molecule has 2 aromatic rings. The van der Waals surface area contributed by atoms with Gasteiger partial charge in [0.1, 0.15) is 4.90 Å². The fourth-order valence-electron chi connectivity index (χ4n) is 3.45. The van der Waals surface area contributed by atoms with E-state index in [9.17, 15) is 18.0 Å². The minimum atomic E-state index is -3.62. The number of piperidine rings is 1. The number of carbonyl (C=O) groups is 2. The third-order valence-electron chi connectivity index (χ3n) is 5.21. The minimum Gasteiger partial charge on any atom is -0.455 e. The van der Waals surface area contributed by atoms with Gasteiger partial charge in [-0.2, -0.15) is 4.31 Å². The van der Waals surface area contributed by atoms with Crippen LogP contribution in [0.1, 0.15) is 24.8 Å². The molecule has 1 saturated heterocycles. The van der Waals surface area contributed by atoms with Gasteiger partial charge >= 0.3 is 5.97 Å². The molecule has 1 aliphatic rings. The number of benzene rings is 1. The molecular formula is C22H27N3O5S. The van der Waals surface area contributed by atoms with Crippen LogP contribution in [0.15, 0.2) is 59.8 Å². The molecular weight excluding hydrogens is 418 g/mol. The lowest BCUT2D eigenvalue weighted by Crippen LogP contribution is -2.41. The molecule has 31 heavy (non-hydrogen) atoms. The Hall–Kier alpha value is -2.78. The molecule has 1 N–H and O–H groups in total. The predicted octanol–water partition coefficient (Wildman–Crippen LogP) is 1.77. The smallest absolute Gasteiger partial charge is 0.309 e. The molecule has 0 saturated carbocycles. The number of hydrogen-bond acceptors (Lipinski definition) is 6. The summed E-state index contributed by atoms with van der Waals surface area (Å²) >= 11 is 0. The van der Waals surface area contributed by atoms with Crippen molar-refractivity contribution in [3.8, 4) is 0 Å². The molecule has 1 aromatic carbocycles. The first-order valence-electron chi connectivity index (χ1n) is 10.3. The van der Waals surface area contributed by atoms with E-state index >= 15 is 0 Å². The summed E-state index contributed by atoms with van der Waals surface area (Å²) in [4.78, 5) is 28.2. The summed E-state index contributed by atoms with van der Waals surface area (Å²) in [6.45, 7) is 0.638. The molecule has 1 amide bonds. The second kappa shape index (κ2) is 11.0. The van der Waals surface area contributed by atoms with E-state index in [4.69, 9.17) is 4.74 Å². The van der Waals surface area contributed by atoms with Crippen LogP contribution in [-0.4, -0.2) is 55.8 Å². The first-order valence-corrected chi connectivity index (χ1v) is 11.8. The summed E-state index contributed by atoms with van der Waals surface area (Å²) in [5.41, 5.74) is 1.21. The fraction of sp³-hybridized carbons (Fsp3) is 0.409. The fourth-order valence-corrected chi connectivity index (χ4v) is 4.89. The zero-order valence-electron chi connectivity index (χ0n) is 17.3. The number of carbonyl (C=O) groups excluding carboxylic acids is 2. The number of amides is 1. The van der Waals surface area contributed by atoms with Crippen LogP contribution < -0.4 is 5.32 Å². The Morgan fingerprint density at radius 3 is 2.52 bits per heavy atom. The Morgan fingerprint density at radius 1 is 1.10 bits per heavy atom. The van der Waals surface area contributed by atoms with E-state index < -0.39 is 21.9 Å². The average Bonchev–Trinajstić information content (AvgIpc) is 2.81. The lowest BCUT2D eigenvalue weighted by molar-refractivity contribution is -0.153. The van der Waals surface area contributed by atoms with Gasteiger partial charge in [0, 0.05) is 32.0 Å². The highest BCUT2D eigenvalue weighted by atomic mass is 32.2. The van der Waals surface area contributed by atoms with E-state index in [1.807, 2.05) is 30.3 Å². The van der Waals surface area contributed by atoms with Crippen LogP contribution in [0.4, 0.5) is 0 Å². The van der Waals surface area contributed by atoms with Crippen molar-refractivity contribution in [2.75, 3.05) is 26.2 Å². The van der Waals surface area contributed by atoms with Gasteiger partial charge in [-0.15, -0.1) is 0 Å². The average molecular weight is 446 g/mol. The van der Waals surface area contributed by atoms with Crippen molar-refractivity contribution in [1.29, 1.82) is 0 Å². The number of aromatic nitrogens is 1. The van der Waals surface area contributed by atoms with Crippen molar-refractivity contribution in [2.45, 2.75) is 30.6 Å². The highest BCUT2D eigenvalue weighted by Gasteiger charge is 2.33. The van der Waals surface area contributed by atoms with Crippen LogP contribution in [0, 0.1) is 5.92 Å². The van der Waals surface area contributed by atoms with Crippen molar-refractivity contribution in [1.82, 2.24) is 14.6 Å². The van der Waals surface area contributed by atoms with Gasteiger partial charge in [-0.05, 0) is 43.4 Å². The largest absolute Gasteiger partial charge is 0.455 e. The third-order valence-corrected chi connectivity index (χ3v) is 7.09. The van der Waals surface area contributed by atoms with Crippen molar-refractivity contribution in [2.24, 2.45) is 5.92 Å². The SMILES string of the molecule is O=C(COC(=O)C1CCN(S(=O)(=O)c2cccnc2)CC1)NCCCc1ccccc1. The molecule has 8 nitrogen and oxygen atoms in total. The number of nitrogens with one attached hydrogen (secondary N) is 1. The number of nitrogens with zero attached hydrogens (tertiary/aromatic N) is 2. The molecule has 166 valence electrons. The van der Waals surface area contributed by atoms with Gasteiger partial charge in [0.05, 0.1) is 5.92 Å². The summed E-state index contributed by atoms with van der Waals surface area (Å²) in [5, 5.41) is 2.75. The molecule has 0 unspecified atom stereocenters. The number of aryl methyl sites for hydroxylation is 1. The van der Waals surface area contributed by atoms with E-state index in [-0.39, 0.29) is 30.5 Å². The molecule has 0 bridgehead atoms. The molecule has 2 heterocycles. The number of rotatable bonds is 9.